The first-order valence-electron chi connectivity index (χ1n) is 5.69. The summed E-state index contributed by atoms with van der Waals surface area (Å²) in [5, 5.41) is 9.33. The molecule has 118 valence electrons. The number of halogens is 1. The predicted molar refractivity (Wildman–Crippen MR) is 80.2 cm³/mol. The molecule has 0 aromatic heterocycles. The predicted octanol–water partition coefficient (Wildman–Crippen LogP) is 2.09. The van der Waals surface area contributed by atoms with E-state index in [1.54, 1.807) is 6.07 Å². The monoisotopic (exact) mass is 363 g/mol. The Labute approximate surface area is 132 Å². The lowest BCUT2D eigenvalue weighted by molar-refractivity contribution is 0.475. The Bertz CT molecular complexity index is 910. The summed E-state index contributed by atoms with van der Waals surface area (Å²) in [4.78, 5) is -0.746. The van der Waals surface area contributed by atoms with Gasteiger partial charge in [0.2, 0.25) is 0 Å². The zero-order valence-corrected chi connectivity index (χ0v) is 13.2. The summed E-state index contributed by atoms with van der Waals surface area (Å²) < 4.78 is 57.6. The minimum Gasteiger partial charge on any atom is -0.504 e. The number of hydrogen-bond donors (Lipinski definition) is 3. The van der Waals surface area contributed by atoms with Gasteiger partial charge in [0, 0.05) is 0 Å². The molecule has 2 aromatic rings. The average molecular weight is 364 g/mol. The van der Waals surface area contributed by atoms with Crippen molar-refractivity contribution in [2.24, 2.45) is 0 Å². The van der Waals surface area contributed by atoms with Crippen LogP contribution in [0.25, 0.3) is 0 Å². The van der Waals surface area contributed by atoms with E-state index in [4.69, 9.17) is 16.2 Å². The Balaban J connectivity index is 2.53. The summed E-state index contributed by atoms with van der Waals surface area (Å²) in [6.45, 7) is 0. The molecule has 10 heteroatoms. The number of phenols is 1. The lowest BCUT2D eigenvalue weighted by atomic mass is 10.3. The Morgan fingerprint density at radius 3 is 2.09 bits per heavy atom. The molecule has 0 heterocycles. The third kappa shape index (κ3) is 3.50. The summed E-state index contributed by atoms with van der Waals surface area (Å²) in [6, 6.07) is 8.79. The minimum absolute atomic E-state index is 0.0946. The van der Waals surface area contributed by atoms with Crippen LogP contribution in [0.1, 0.15) is 0 Å². The van der Waals surface area contributed by atoms with Crippen LogP contribution in [0.4, 0.5) is 5.69 Å². The Morgan fingerprint density at radius 1 is 0.955 bits per heavy atom. The number of anilines is 1. The van der Waals surface area contributed by atoms with E-state index in [0.717, 1.165) is 12.1 Å². The van der Waals surface area contributed by atoms with Gasteiger partial charge in [0.25, 0.3) is 20.1 Å². The van der Waals surface area contributed by atoms with E-state index in [2.05, 4.69) is 0 Å². The topological polar surface area (TPSA) is 121 Å². The van der Waals surface area contributed by atoms with Gasteiger partial charge in [-0.15, -0.1) is 0 Å². The van der Waals surface area contributed by atoms with Gasteiger partial charge in [-0.25, -0.2) is 8.42 Å². The second kappa shape index (κ2) is 5.76. The summed E-state index contributed by atoms with van der Waals surface area (Å²) in [6.07, 6.45) is 0. The van der Waals surface area contributed by atoms with E-state index in [0.29, 0.717) is 0 Å². The maximum absolute atomic E-state index is 12.1. The van der Waals surface area contributed by atoms with Gasteiger partial charge in [-0.3, -0.25) is 9.27 Å². The quantitative estimate of drug-likeness (QED) is 0.565. The Kier molecular flexibility index (Phi) is 4.34. The van der Waals surface area contributed by atoms with Crippen LogP contribution >= 0.6 is 11.6 Å². The van der Waals surface area contributed by atoms with Crippen molar-refractivity contribution in [3.63, 3.8) is 0 Å². The van der Waals surface area contributed by atoms with Crippen LogP contribution in [0.5, 0.6) is 5.75 Å². The second-order valence-corrected chi connectivity index (χ2v) is 7.71. The molecule has 0 saturated carbocycles. The molecule has 2 rings (SSSR count). The van der Waals surface area contributed by atoms with E-state index in [1.807, 2.05) is 4.72 Å². The molecule has 0 radical (unpaired) electrons. The van der Waals surface area contributed by atoms with Crippen molar-refractivity contribution in [3.05, 3.63) is 47.5 Å². The summed E-state index contributed by atoms with van der Waals surface area (Å²) >= 11 is 5.64. The number of hydrogen-bond acceptors (Lipinski definition) is 5. The molecular weight excluding hydrogens is 354 g/mol. The maximum atomic E-state index is 12.1. The molecule has 0 atom stereocenters. The van der Waals surface area contributed by atoms with Crippen LogP contribution in [0.3, 0.4) is 0 Å². The van der Waals surface area contributed by atoms with Crippen LogP contribution in [0, 0.1) is 0 Å². The number of sulfonamides is 1. The fourth-order valence-corrected chi connectivity index (χ4v) is 3.50. The number of benzene rings is 2. The van der Waals surface area contributed by atoms with Crippen molar-refractivity contribution in [1.82, 2.24) is 0 Å². The molecule has 0 fully saturated rings. The zero-order valence-electron chi connectivity index (χ0n) is 10.8. The smallest absolute Gasteiger partial charge is 0.294 e. The molecule has 7 nitrogen and oxygen atoms in total. The minimum atomic E-state index is -4.62. The van der Waals surface area contributed by atoms with E-state index >= 15 is 0 Å². The van der Waals surface area contributed by atoms with Crippen LogP contribution in [-0.2, 0) is 20.1 Å². The number of rotatable bonds is 4. The van der Waals surface area contributed by atoms with E-state index in [9.17, 15) is 21.9 Å². The van der Waals surface area contributed by atoms with Crippen LogP contribution < -0.4 is 4.72 Å². The molecule has 0 amide bonds. The lowest BCUT2D eigenvalue weighted by Crippen LogP contribution is -2.13. The van der Waals surface area contributed by atoms with Gasteiger partial charge in [-0.2, -0.15) is 8.42 Å². The first kappa shape index (κ1) is 16.6. The molecule has 0 aliphatic heterocycles. The van der Waals surface area contributed by atoms with Crippen molar-refractivity contribution in [3.8, 4) is 5.75 Å². The Morgan fingerprint density at radius 2 is 1.55 bits per heavy atom. The molecule has 22 heavy (non-hydrogen) atoms. The molecule has 0 aliphatic rings. The highest BCUT2D eigenvalue weighted by molar-refractivity contribution is 7.92. The fraction of sp³-hybridized carbons (Fsp3) is 0. The third-order valence-electron chi connectivity index (χ3n) is 2.63. The highest BCUT2D eigenvalue weighted by atomic mass is 35.5. The molecule has 3 N–H and O–H groups in total. The molecule has 0 unspecified atom stereocenters. The highest BCUT2D eigenvalue weighted by Crippen LogP contribution is 2.35. The van der Waals surface area contributed by atoms with Gasteiger partial charge < -0.3 is 5.11 Å². The van der Waals surface area contributed by atoms with Crippen molar-refractivity contribution < 1.29 is 26.5 Å². The highest BCUT2D eigenvalue weighted by Gasteiger charge is 2.21. The number of aromatic hydroxyl groups is 1. The first-order chi connectivity index (χ1) is 10.1. The van der Waals surface area contributed by atoms with Crippen LogP contribution in [0.15, 0.2) is 52.3 Å². The van der Waals surface area contributed by atoms with Gasteiger partial charge in [0.15, 0.2) is 5.75 Å². The largest absolute Gasteiger partial charge is 0.504 e. The van der Waals surface area contributed by atoms with E-state index in [-0.39, 0.29) is 4.90 Å². The molecule has 2 aromatic carbocycles. The summed E-state index contributed by atoms with van der Waals surface area (Å²) in [5.74, 6) is -0.659. The normalized spacial score (nSPS) is 12.1. The second-order valence-electron chi connectivity index (χ2n) is 4.19. The van der Waals surface area contributed by atoms with Crippen LogP contribution in [0.2, 0.25) is 5.02 Å². The maximum Gasteiger partial charge on any atom is 0.294 e. The molecule has 0 spiro atoms. The lowest BCUT2D eigenvalue weighted by Gasteiger charge is -2.11. The molecule has 0 bridgehead atoms. The van der Waals surface area contributed by atoms with Gasteiger partial charge in [0.05, 0.1) is 20.5 Å². The van der Waals surface area contributed by atoms with E-state index < -0.39 is 41.5 Å². The summed E-state index contributed by atoms with van der Waals surface area (Å²) in [7, 11) is -8.68. The third-order valence-corrected chi connectivity index (χ3v) is 5.13. The van der Waals surface area contributed by atoms with Crippen LogP contribution in [-0.4, -0.2) is 26.5 Å². The van der Waals surface area contributed by atoms with Crippen molar-refractivity contribution >= 4 is 37.4 Å². The van der Waals surface area contributed by atoms with Gasteiger partial charge >= 0.3 is 0 Å². The number of phenolic OH excluding ortho intramolecular Hbond substituents is 1. The molecule has 0 saturated heterocycles. The zero-order chi connectivity index (χ0) is 16.5. The van der Waals surface area contributed by atoms with E-state index in [1.165, 1.54) is 24.3 Å². The Hall–Kier alpha value is -1.81. The first-order valence-corrected chi connectivity index (χ1v) is 8.99. The van der Waals surface area contributed by atoms with Gasteiger partial charge in [-0.1, -0.05) is 29.8 Å². The van der Waals surface area contributed by atoms with Gasteiger partial charge in [0.1, 0.15) is 0 Å². The van der Waals surface area contributed by atoms with Gasteiger partial charge in [-0.05, 0) is 24.3 Å². The van der Waals surface area contributed by atoms with Crippen molar-refractivity contribution in [2.45, 2.75) is 9.79 Å². The molecule has 0 aliphatic carbocycles. The standard InChI is InChI=1S/C12H10ClNO6S2/c13-10-6-9(22(18,19)20)7-11(12(10)15)14-21(16,17)8-4-2-1-3-5-8/h1-7,14-15H,(H,18,19,20). The van der Waals surface area contributed by atoms with Crippen molar-refractivity contribution in [1.29, 1.82) is 0 Å². The number of nitrogens with one attached hydrogen (secondary N) is 1. The van der Waals surface area contributed by atoms with Crippen molar-refractivity contribution in [2.75, 3.05) is 4.72 Å². The summed E-state index contributed by atoms with van der Waals surface area (Å²) in [5.41, 5.74) is -0.469. The SMILES string of the molecule is O=S(=O)(O)c1cc(Cl)c(O)c(NS(=O)(=O)c2ccccc2)c1. The molecular formula is C12H10ClNO6S2. The fourth-order valence-electron chi connectivity index (χ4n) is 1.60. The average Bonchev–Trinajstić information content (AvgIpc) is 2.43.